The van der Waals surface area contributed by atoms with E-state index in [4.69, 9.17) is 22.1 Å². The summed E-state index contributed by atoms with van der Waals surface area (Å²) in [5, 5.41) is 0.700. The van der Waals surface area contributed by atoms with Crippen molar-refractivity contribution in [3.05, 3.63) is 28.3 Å². The molecule has 0 spiro atoms. The molecule has 1 unspecified atom stereocenters. The van der Waals surface area contributed by atoms with Gasteiger partial charge >= 0.3 is 0 Å². The Kier molecular flexibility index (Phi) is 3.87. The van der Waals surface area contributed by atoms with Gasteiger partial charge in [0.1, 0.15) is 5.75 Å². The third kappa shape index (κ3) is 2.33. The highest BCUT2D eigenvalue weighted by Gasteiger charge is 2.29. The first-order valence-corrected chi connectivity index (χ1v) is 5.82. The van der Waals surface area contributed by atoms with Crippen LogP contribution in [0.2, 0.25) is 5.02 Å². The van der Waals surface area contributed by atoms with E-state index in [1.807, 2.05) is 26.0 Å². The Morgan fingerprint density at radius 2 is 1.94 bits per heavy atom. The molecule has 0 radical (unpaired) electrons. The maximum Gasteiger partial charge on any atom is 0.126 e. The van der Waals surface area contributed by atoms with Crippen LogP contribution >= 0.6 is 11.6 Å². The van der Waals surface area contributed by atoms with Crippen molar-refractivity contribution in [1.82, 2.24) is 0 Å². The van der Waals surface area contributed by atoms with Gasteiger partial charge in [0.2, 0.25) is 0 Å². The lowest BCUT2D eigenvalue weighted by Crippen LogP contribution is -2.39. The number of aryl methyl sites for hydroxylation is 1. The van der Waals surface area contributed by atoms with Crippen molar-refractivity contribution in [3.63, 3.8) is 0 Å². The number of halogens is 1. The summed E-state index contributed by atoms with van der Waals surface area (Å²) >= 11 is 6.08. The number of benzene rings is 1. The largest absolute Gasteiger partial charge is 0.496 e. The maximum absolute atomic E-state index is 6.36. The van der Waals surface area contributed by atoms with E-state index in [2.05, 4.69) is 13.8 Å². The standard InChI is InChI=1S/C13H20ClNO/c1-8(2)13(4,15)11-7-10(14)6-9(3)12(11)16-5/h6-8H,15H2,1-5H3. The maximum atomic E-state index is 6.36. The zero-order chi connectivity index (χ0) is 12.5. The molecule has 1 rings (SSSR count). The first-order chi connectivity index (χ1) is 7.30. The van der Waals surface area contributed by atoms with Gasteiger partial charge in [-0.05, 0) is 37.5 Å². The van der Waals surface area contributed by atoms with Gasteiger partial charge in [-0.1, -0.05) is 25.4 Å². The minimum absolute atomic E-state index is 0.305. The fraction of sp³-hybridized carbons (Fsp3) is 0.538. The van der Waals surface area contributed by atoms with Crippen LogP contribution in [0.5, 0.6) is 5.75 Å². The van der Waals surface area contributed by atoms with Crippen LogP contribution in [0, 0.1) is 12.8 Å². The number of ether oxygens (including phenoxy) is 1. The van der Waals surface area contributed by atoms with E-state index >= 15 is 0 Å². The third-order valence-electron chi connectivity index (χ3n) is 3.22. The molecule has 0 bridgehead atoms. The smallest absolute Gasteiger partial charge is 0.126 e. The molecule has 0 heterocycles. The molecule has 0 aliphatic rings. The molecule has 3 heteroatoms. The quantitative estimate of drug-likeness (QED) is 0.879. The van der Waals surface area contributed by atoms with E-state index in [0.29, 0.717) is 10.9 Å². The topological polar surface area (TPSA) is 35.2 Å². The number of hydrogen-bond acceptors (Lipinski definition) is 2. The number of methoxy groups -OCH3 is 1. The highest BCUT2D eigenvalue weighted by atomic mass is 35.5. The van der Waals surface area contributed by atoms with Crippen LogP contribution in [0.1, 0.15) is 31.9 Å². The summed E-state index contributed by atoms with van der Waals surface area (Å²) in [7, 11) is 1.66. The molecule has 0 aromatic heterocycles. The van der Waals surface area contributed by atoms with Crippen LogP contribution in [0.4, 0.5) is 0 Å². The molecule has 1 aromatic carbocycles. The van der Waals surface area contributed by atoms with Crippen molar-refractivity contribution in [2.75, 3.05) is 7.11 Å². The lowest BCUT2D eigenvalue weighted by Gasteiger charge is -2.32. The van der Waals surface area contributed by atoms with Crippen molar-refractivity contribution in [3.8, 4) is 5.75 Å². The SMILES string of the molecule is COc1c(C)cc(Cl)cc1C(C)(N)C(C)C. The van der Waals surface area contributed by atoms with Crippen LogP contribution in [0.3, 0.4) is 0 Å². The second-order valence-electron chi connectivity index (χ2n) is 4.74. The van der Waals surface area contributed by atoms with Crippen LogP contribution < -0.4 is 10.5 Å². The number of nitrogens with two attached hydrogens (primary N) is 1. The summed E-state index contributed by atoms with van der Waals surface area (Å²) in [6.45, 7) is 8.17. The normalized spacial score (nSPS) is 15.0. The second kappa shape index (κ2) is 4.64. The van der Waals surface area contributed by atoms with Crippen molar-refractivity contribution in [1.29, 1.82) is 0 Å². The van der Waals surface area contributed by atoms with Gasteiger partial charge in [-0.2, -0.15) is 0 Å². The molecule has 0 saturated heterocycles. The van der Waals surface area contributed by atoms with Gasteiger partial charge in [-0.25, -0.2) is 0 Å². The number of hydrogen-bond donors (Lipinski definition) is 1. The Balaban J connectivity index is 3.42. The van der Waals surface area contributed by atoms with Crippen LogP contribution in [-0.2, 0) is 5.54 Å². The van der Waals surface area contributed by atoms with Crippen molar-refractivity contribution in [2.24, 2.45) is 11.7 Å². The van der Waals surface area contributed by atoms with Crippen molar-refractivity contribution in [2.45, 2.75) is 33.2 Å². The molecule has 2 N–H and O–H groups in total. The molecule has 0 amide bonds. The van der Waals surface area contributed by atoms with E-state index < -0.39 is 5.54 Å². The van der Waals surface area contributed by atoms with E-state index in [-0.39, 0.29) is 0 Å². The molecule has 90 valence electrons. The average molecular weight is 242 g/mol. The fourth-order valence-electron chi connectivity index (χ4n) is 1.71. The number of rotatable bonds is 3. The van der Waals surface area contributed by atoms with Gasteiger partial charge in [0.05, 0.1) is 7.11 Å². The monoisotopic (exact) mass is 241 g/mol. The highest BCUT2D eigenvalue weighted by molar-refractivity contribution is 6.30. The Bertz CT molecular complexity index is 386. The van der Waals surface area contributed by atoms with Crippen molar-refractivity contribution < 1.29 is 4.74 Å². The highest BCUT2D eigenvalue weighted by Crippen LogP contribution is 2.37. The van der Waals surface area contributed by atoms with Crippen LogP contribution in [0.25, 0.3) is 0 Å². The lowest BCUT2D eigenvalue weighted by atomic mass is 9.81. The van der Waals surface area contributed by atoms with E-state index in [9.17, 15) is 0 Å². The summed E-state index contributed by atoms with van der Waals surface area (Å²) in [5.41, 5.74) is 7.90. The van der Waals surface area contributed by atoms with E-state index in [1.165, 1.54) is 0 Å². The van der Waals surface area contributed by atoms with E-state index in [1.54, 1.807) is 7.11 Å². The Labute approximate surface area is 103 Å². The molecular weight excluding hydrogens is 222 g/mol. The molecule has 16 heavy (non-hydrogen) atoms. The summed E-state index contributed by atoms with van der Waals surface area (Å²) in [5.74, 6) is 1.14. The molecule has 0 aliphatic heterocycles. The van der Waals surface area contributed by atoms with Crippen LogP contribution in [0.15, 0.2) is 12.1 Å². The van der Waals surface area contributed by atoms with Crippen molar-refractivity contribution >= 4 is 11.6 Å². The molecule has 0 saturated carbocycles. The zero-order valence-electron chi connectivity index (χ0n) is 10.6. The van der Waals surface area contributed by atoms with E-state index in [0.717, 1.165) is 16.9 Å². The summed E-state index contributed by atoms with van der Waals surface area (Å²) in [6.07, 6.45) is 0. The van der Waals surface area contributed by atoms with Gasteiger partial charge in [0.15, 0.2) is 0 Å². The average Bonchev–Trinajstić information content (AvgIpc) is 2.16. The minimum atomic E-state index is -0.443. The Morgan fingerprint density at radius 3 is 2.38 bits per heavy atom. The molecule has 1 aromatic rings. The van der Waals surface area contributed by atoms with Gasteiger partial charge in [-0.15, -0.1) is 0 Å². The molecular formula is C13H20ClNO. The fourth-order valence-corrected chi connectivity index (χ4v) is 1.98. The lowest BCUT2D eigenvalue weighted by molar-refractivity contribution is 0.325. The molecule has 2 nitrogen and oxygen atoms in total. The minimum Gasteiger partial charge on any atom is -0.496 e. The van der Waals surface area contributed by atoms with Gasteiger partial charge < -0.3 is 10.5 Å². The Hall–Kier alpha value is -0.730. The first-order valence-electron chi connectivity index (χ1n) is 5.44. The summed E-state index contributed by atoms with van der Waals surface area (Å²) in [4.78, 5) is 0. The molecule has 0 fully saturated rings. The molecule has 1 atom stereocenters. The van der Waals surface area contributed by atoms with Gasteiger partial charge in [0.25, 0.3) is 0 Å². The molecule has 0 aliphatic carbocycles. The third-order valence-corrected chi connectivity index (χ3v) is 3.44. The second-order valence-corrected chi connectivity index (χ2v) is 5.18. The zero-order valence-corrected chi connectivity index (χ0v) is 11.4. The first kappa shape index (κ1) is 13.3. The summed E-state index contributed by atoms with van der Waals surface area (Å²) < 4.78 is 5.43. The van der Waals surface area contributed by atoms with Gasteiger partial charge in [-0.3, -0.25) is 0 Å². The van der Waals surface area contributed by atoms with Crippen LogP contribution in [-0.4, -0.2) is 7.11 Å². The Morgan fingerprint density at radius 1 is 1.38 bits per heavy atom. The van der Waals surface area contributed by atoms with Gasteiger partial charge in [0, 0.05) is 16.1 Å². The predicted octanol–water partition coefficient (Wildman–Crippen LogP) is 3.49. The summed E-state index contributed by atoms with van der Waals surface area (Å²) in [6, 6.07) is 3.79. The predicted molar refractivity (Wildman–Crippen MR) is 69.1 cm³/mol.